The Morgan fingerprint density at radius 2 is 2.00 bits per heavy atom. The lowest BCUT2D eigenvalue weighted by Crippen LogP contribution is -2.57. The molecule has 1 fully saturated rings. The van der Waals surface area contributed by atoms with E-state index in [0.717, 1.165) is 10.5 Å². The summed E-state index contributed by atoms with van der Waals surface area (Å²) in [4.78, 5) is 41.4. The third-order valence-electron chi connectivity index (χ3n) is 3.51. The van der Waals surface area contributed by atoms with Gasteiger partial charge in [0.25, 0.3) is 0 Å². The molecule has 1 aromatic carbocycles. The van der Waals surface area contributed by atoms with Crippen molar-refractivity contribution in [2.45, 2.75) is 19.9 Å². The van der Waals surface area contributed by atoms with Crippen molar-refractivity contribution >= 4 is 24.1 Å². The summed E-state index contributed by atoms with van der Waals surface area (Å²) in [6.45, 7) is 3.71. The van der Waals surface area contributed by atoms with Gasteiger partial charge in [-0.05, 0) is 18.9 Å². The zero-order chi connectivity index (χ0) is 17.4. The molecule has 1 heterocycles. The van der Waals surface area contributed by atoms with Crippen molar-refractivity contribution in [2.24, 2.45) is 10.9 Å². The fourth-order valence-electron chi connectivity index (χ4n) is 2.26. The van der Waals surface area contributed by atoms with Crippen LogP contribution in [0.3, 0.4) is 0 Å². The SMILES string of the molecule is CCOCCCN=CC1C(=O)NC(=O)N(Cc2ccccc2)C1=O. The van der Waals surface area contributed by atoms with Gasteiger partial charge in [0.15, 0.2) is 5.92 Å². The van der Waals surface area contributed by atoms with Crippen LogP contribution < -0.4 is 5.32 Å². The maximum Gasteiger partial charge on any atom is 0.331 e. The summed E-state index contributed by atoms with van der Waals surface area (Å²) in [6.07, 6.45) is 2.02. The van der Waals surface area contributed by atoms with E-state index in [1.54, 1.807) is 0 Å². The van der Waals surface area contributed by atoms with Crippen LogP contribution in [0.2, 0.25) is 0 Å². The van der Waals surface area contributed by atoms with Gasteiger partial charge in [0.05, 0.1) is 6.54 Å². The number of benzene rings is 1. The lowest BCUT2D eigenvalue weighted by molar-refractivity contribution is -0.139. The van der Waals surface area contributed by atoms with Crippen LogP contribution in [0.5, 0.6) is 0 Å². The number of nitrogens with zero attached hydrogens (tertiary/aromatic N) is 2. The molecule has 0 aromatic heterocycles. The van der Waals surface area contributed by atoms with Gasteiger partial charge in [-0.25, -0.2) is 4.79 Å². The maximum absolute atomic E-state index is 12.4. The first kappa shape index (κ1) is 17.8. The van der Waals surface area contributed by atoms with Crippen molar-refractivity contribution < 1.29 is 19.1 Å². The Hall–Kier alpha value is -2.54. The van der Waals surface area contributed by atoms with Crippen LogP contribution in [-0.4, -0.2) is 48.7 Å². The van der Waals surface area contributed by atoms with Crippen molar-refractivity contribution in [1.82, 2.24) is 10.2 Å². The molecule has 0 bridgehead atoms. The normalized spacial score (nSPS) is 18.3. The second-order valence-corrected chi connectivity index (χ2v) is 5.29. The average Bonchev–Trinajstić information content (AvgIpc) is 2.58. The second kappa shape index (κ2) is 8.93. The average molecular weight is 331 g/mol. The number of nitrogens with one attached hydrogen (secondary N) is 1. The molecule has 1 N–H and O–H groups in total. The van der Waals surface area contributed by atoms with E-state index in [1.165, 1.54) is 6.21 Å². The van der Waals surface area contributed by atoms with E-state index in [1.807, 2.05) is 37.3 Å². The Morgan fingerprint density at radius 1 is 1.25 bits per heavy atom. The van der Waals surface area contributed by atoms with Crippen LogP contribution in [0.4, 0.5) is 4.79 Å². The number of carbonyl (C=O) groups excluding carboxylic acids is 3. The number of hydrogen-bond donors (Lipinski definition) is 1. The van der Waals surface area contributed by atoms with Crippen molar-refractivity contribution in [1.29, 1.82) is 0 Å². The zero-order valence-electron chi connectivity index (χ0n) is 13.6. The van der Waals surface area contributed by atoms with Gasteiger partial charge in [0.2, 0.25) is 11.8 Å². The quantitative estimate of drug-likeness (QED) is 0.443. The third kappa shape index (κ3) is 4.73. The van der Waals surface area contributed by atoms with E-state index >= 15 is 0 Å². The number of barbiturate groups is 1. The molecule has 1 atom stereocenters. The molecule has 1 aliphatic rings. The largest absolute Gasteiger partial charge is 0.382 e. The first-order chi connectivity index (χ1) is 11.6. The van der Waals surface area contributed by atoms with E-state index in [-0.39, 0.29) is 6.54 Å². The lowest BCUT2D eigenvalue weighted by Gasteiger charge is -2.28. The Balaban J connectivity index is 1.98. The lowest BCUT2D eigenvalue weighted by atomic mass is 10.1. The van der Waals surface area contributed by atoms with E-state index in [0.29, 0.717) is 26.2 Å². The van der Waals surface area contributed by atoms with Crippen LogP contribution in [0.25, 0.3) is 0 Å². The van der Waals surface area contributed by atoms with Crippen LogP contribution in [0.1, 0.15) is 18.9 Å². The molecule has 0 spiro atoms. The summed E-state index contributed by atoms with van der Waals surface area (Å²) in [5.41, 5.74) is 0.808. The van der Waals surface area contributed by atoms with E-state index in [2.05, 4.69) is 10.3 Å². The molecule has 0 aliphatic carbocycles. The molecular formula is C17H21N3O4. The Labute approximate surface area is 140 Å². The second-order valence-electron chi connectivity index (χ2n) is 5.29. The molecule has 1 aliphatic heterocycles. The summed E-state index contributed by atoms with van der Waals surface area (Å²) in [5.74, 6) is -2.26. The molecule has 0 saturated carbocycles. The van der Waals surface area contributed by atoms with Gasteiger partial charge in [-0.1, -0.05) is 30.3 Å². The van der Waals surface area contributed by atoms with Gasteiger partial charge in [-0.15, -0.1) is 0 Å². The highest BCUT2D eigenvalue weighted by atomic mass is 16.5. The summed E-state index contributed by atoms with van der Waals surface area (Å²) in [6, 6.07) is 8.42. The van der Waals surface area contributed by atoms with Crippen LogP contribution in [-0.2, 0) is 20.9 Å². The summed E-state index contributed by atoms with van der Waals surface area (Å²) in [5, 5.41) is 2.20. The number of carbonyl (C=O) groups is 3. The van der Waals surface area contributed by atoms with E-state index in [4.69, 9.17) is 4.74 Å². The Morgan fingerprint density at radius 3 is 2.71 bits per heavy atom. The number of urea groups is 1. The van der Waals surface area contributed by atoms with Crippen molar-refractivity contribution in [3.05, 3.63) is 35.9 Å². The minimum atomic E-state index is -1.07. The van der Waals surface area contributed by atoms with Crippen molar-refractivity contribution in [2.75, 3.05) is 19.8 Å². The van der Waals surface area contributed by atoms with Crippen LogP contribution in [0.15, 0.2) is 35.3 Å². The van der Waals surface area contributed by atoms with Crippen molar-refractivity contribution in [3.8, 4) is 0 Å². The predicted molar refractivity (Wildman–Crippen MR) is 88.5 cm³/mol. The Kier molecular flexibility index (Phi) is 6.62. The molecule has 128 valence electrons. The summed E-state index contributed by atoms with van der Waals surface area (Å²) in [7, 11) is 0. The molecule has 0 radical (unpaired) electrons. The molecular weight excluding hydrogens is 310 g/mol. The van der Waals surface area contributed by atoms with Crippen LogP contribution in [0, 0.1) is 5.92 Å². The fourth-order valence-corrected chi connectivity index (χ4v) is 2.26. The first-order valence-corrected chi connectivity index (χ1v) is 7.91. The smallest absolute Gasteiger partial charge is 0.331 e. The Bertz CT molecular complexity index is 616. The zero-order valence-corrected chi connectivity index (χ0v) is 13.6. The highest BCUT2D eigenvalue weighted by Gasteiger charge is 2.39. The minimum Gasteiger partial charge on any atom is -0.382 e. The molecule has 7 nitrogen and oxygen atoms in total. The molecule has 4 amide bonds. The molecule has 1 unspecified atom stereocenters. The number of ether oxygens (including phenoxy) is 1. The molecule has 1 saturated heterocycles. The summed E-state index contributed by atoms with van der Waals surface area (Å²) < 4.78 is 5.19. The van der Waals surface area contributed by atoms with Gasteiger partial charge in [0.1, 0.15) is 0 Å². The predicted octanol–water partition coefficient (Wildman–Crippen LogP) is 1.38. The summed E-state index contributed by atoms with van der Waals surface area (Å²) >= 11 is 0. The van der Waals surface area contributed by atoms with E-state index < -0.39 is 23.8 Å². The van der Waals surface area contributed by atoms with Crippen molar-refractivity contribution in [3.63, 3.8) is 0 Å². The minimum absolute atomic E-state index is 0.119. The van der Waals surface area contributed by atoms with Gasteiger partial charge in [-0.2, -0.15) is 0 Å². The molecule has 2 rings (SSSR count). The van der Waals surface area contributed by atoms with Gasteiger partial charge in [0, 0.05) is 26.0 Å². The van der Waals surface area contributed by atoms with Crippen LogP contribution >= 0.6 is 0 Å². The first-order valence-electron chi connectivity index (χ1n) is 7.91. The maximum atomic E-state index is 12.4. The van der Waals surface area contributed by atoms with Gasteiger partial charge in [-0.3, -0.25) is 24.8 Å². The number of aliphatic imine (C=N–C) groups is 1. The molecule has 1 aromatic rings. The number of imide groups is 2. The highest BCUT2D eigenvalue weighted by molar-refractivity contribution is 6.23. The third-order valence-corrected chi connectivity index (χ3v) is 3.51. The topological polar surface area (TPSA) is 88.1 Å². The fraction of sp³-hybridized carbons (Fsp3) is 0.412. The van der Waals surface area contributed by atoms with Gasteiger partial charge < -0.3 is 4.74 Å². The van der Waals surface area contributed by atoms with Gasteiger partial charge >= 0.3 is 6.03 Å². The number of hydrogen-bond acceptors (Lipinski definition) is 5. The monoisotopic (exact) mass is 331 g/mol. The number of amides is 4. The molecule has 7 heteroatoms. The van der Waals surface area contributed by atoms with E-state index in [9.17, 15) is 14.4 Å². The highest BCUT2D eigenvalue weighted by Crippen LogP contribution is 2.13. The standard InChI is InChI=1S/C17H21N3O4/c1-2-24-10-6-9-18-11-14-15(21)19-17(23)20(16(14)22)12-13-7-4-3-5-8-13/h3-5,7-8,11,14H,2,6,9-10,12H2,1H3,(H,19,21,23). The molecule has 24 heavy (non-hydrogen) atoms. The number of rotatable bonds is 8.